The summed E-state index contributed by atoms with van der Waals surface area (Å²) in [6.07, 6.45) is 6.64. The lowest BCUT2D eigenvalue weighted by atomic mass is 10.1. The quantitative estimate of drug-likeness (QED) is 0.0969. The summed E-state index contributed by atoms with van der Waals surface area (Å²) in [6, 6.07) is 51.3. The van der Waals surface area contributed by atoms with E-state index in [1.807, 2.05) is 158 Å². The molecule has 0 amide bonds. The molecule has 0 bridgehead atoms. The van der Waals surface area contributed by atoms with Gasteiger partial charge in [-0.3, -0.25) is 4.79 Å². The smallest absolute Gasteiger partial charge is 0.178 e. The number of benzene rings is 6. The molecule has 0 spiro atoms. The van der Waals surface area contributed by atoms with Crippen molar-refractivity contribution in [1.29, 1.82) is 0 Å². The van der Waals surface area contributed by atoms with Crippen LogP contribution in [0.4, 0.5) is 0 Å². The molecule has 0 aliphatic carbocycles. The van der Waals surface area contributed by atoms with E-state index in [0.717, 1.165) is 33.4 Å². The van der Waals surface area contributed by atoms with Gasteiger partial charge in [-0.15, -0.1) is 0 Å². The zero-order chi connectivity index (χ0) is 34.2. The first-order valence-electron chi connectivity index (χ1n) is 16.5. The molecule has 0 atom stereocenters. The van der Waals surface area contributed by atoms with Crippen LogP contribution >= 0.6 is 0 Å². The van der Waals surface area contributed by atoms with E-state index in [4.69, 9.17) is 18.9 Å². The SMILES string of the molecule is O=C(C=Cc1ccc(OCc2ccccc2)c(OCc2ccccc2)c1)C=Cc1ccc(OCc2ccccc2)c(OCc2ccccc2)c1. The Kier molecular flexibility index (Phi) is 11.9. The summed E-state index contributed by atoms with van der Waals surface area (Å²) in [6.45, 7) is 1.62. The highest BCUT2D eigenvalue weighted by Crippen LogP contribution is 2.32. The second-order valence-corrected chi connectivity index (χ2v) is 11.6. The average molecular weight is 659 g/mol. The summed E-state index contributed by atoms with van der Waals surface area (Å²) >= 11 is 0. The van der Waals surface area contributed by atoms with Crippen LogP contribution in [0.1, 0.15) is 33.4 Å². The summed E-state index contributed by atoms with van der Waals surface area (Å²) in [5.74, 6) is 2.32. The highest BCUT2D eigenvalue weighted by Gasteiger charge is 2.10. The topological polar surface area (TPSA) is 54.0 Å². The number of hydrogen-bond acceptors (Lipinski definition) is 5. The van der Waals surface area contributed by atoms with E-state index in [-0.39, 0.29) is 5.78 Å². The maximum atomic E-state index is 12.9. The Bertz CT molecular complexity index is 1860. The predicted octanol–water partition coefficient (Wildman–Crippen LogP) is 10.3. The van der Waals surface area contributed by atoms with Gasteiger partial charge in [0.2, 0.25) is 0 Å². The van der Waals surface area contributed by atoms with Gasteiger partial charge in [0.05, 0.1) is 0 Å². The lowest BCUT2D eigenvalue weighted by Gasteiger charge is -2.14. The molecule has 0 unspecified atom stereocenters. The minimum absolute atomic E-state index is 0.155. The lowest BCUT2D eigenvalue weighted by Crippen LogP contribution is -2.01. The zero-order valence-electron chi connectivity index (χ0n) is 27.7. The molecule has 5 nitrogen and oxygen atoms in total. The van der Waals surface area contributed by atoms with Crippen LogP contribution in [0, 0.1) is 0 Å². The Labute approximate surface area is 293 Å². The van der Waals surface area contributed by atoms with Crippen molar-refractivity contribution < 1.29 is 23.7 Å². The van der Waals surface area contributed by atoms with Gasteiger partial charge in [-0.25, -0.2) is 0 Å². The molecule has 0 saturated carbocycles. The third kappa shape index (κ3) is 10.3. The van der Waals surface area contributed by atoms with Crippen molar-refractivity contribution in [2.45, 2.75) is 26.4 Å². The fraction of sp³-hybridized carbons (Fsp3) is 0.0889. The standard InChI is InChI=1S/C45H38O5/c46-41(25-21-35-23-27-42(47-31-37-13-5-1-6-14-37)44(29-35)49-33-39-17-9-3-10-18-39)26-22-36-24-28-43(48-32-38-15-7-2-8-16-38)45(30-36)50-34-40-19-11-4-12-20-40/h1-30H,31-34H2. The fourth-order valence-electron chi connectivity index (χ4n) is 5.07. The summed E-state index contributed by atoms with van der Waals surface area (Å²) in [5.41, 5.74) is 5.86. The molecule has 0 fully saturated rings. The minimum atomic E-state index is -0.155. The first kappa shape index (κ1) is 33.6. The Morgan fingerprint density at radius 1 is 0.380 bits per heavy atom. The molecule has 248 valence electrons. The number of allylic oxidation sites excluding steroid dienone is 2. The van der Waals surface area contributed by atoms with Crippen molar-refractivity contribution in [3.8, 4) is 23.0 Å². The van der Waals surface area contributed by atoms with Crippen LogP contribution in [0.15, 0.2) is 170 Å². The number of carbonyl (C=O) groups is 1. The van der Waals surface area contributed by atoms with Gasteiger partial charge in [-0.1, -0.05) is 146 Å². The van der Waals surface area contributed by atoms with Crippen LogP contribution in [0.25, 0.3) is 12.2 Å². The molecule has 0 aliphatic heterocycles. The van der Waals surface area contributed by atoms with Crippen molar-refractivity contribution in [3.63, 3.8) is 0 Å². The van der Waals surface area contributed by atoms with Crippen LogP contribution in [0.3, 0.4) is 0 Å². The maximum Gasteiger partial charge on any atom is 0.178 e. The Morgan fingerprint density at radius 2 is 0.680 bits per heavy atom. The molecular weight excluding hydrogens is 620 g/mol. The average Bonchev–Trinajstić information content (AvgIpc) is 3.18. The van der Waals surface area contributed by atoms with Crippen molar-refractivity contribution in [3.05, 3.63) is 203 Å². The lowest BCUT2D eigenvalue weighted by molar-refractivity contribution is -0.110. The Balaban J connectivity index is 1.14. The molecule has 0 aliphatic rings. The normalized spacial score (nSPS) is 11.0. The van der Waals surface area contributed by atoms with E-state index in [2.05, 4.69) is 0 Å². The van der Waals surface area contributed by atoms with E-state index in [1.165, 1.54) is 0 Å². The van der Waals surface area contributed by atoms with Gasteiger partial charge in [0.15, 0.2) is 28.8 Å². The molecule has 0 N–H and O–H groups in total. The van der Waals surface area contributed by atoms with Gasteiger partial charge in [0, 0.05) is 0 Å². The molecule has 0 radical (unpaired) electrons. The fourth-order valence-corrected chi connectivity index (χ4v) is 5.07. The van der Waals surface area contributed by atoms with Gasteiger partial charge in [-0.05, 0) is 69.8 Å². The molecule has 6 aromatic rings. The van der Waals surface area contributed by atoms with Crippen LogP contribution < -0.4 is 18.9 Å². The Morgan fingerprint density at radius 3 is 1.00 bits per heavy atom. The van der Waals surface area contributed by atoms with Gasteiger partial charge in [-0.2, -0.15) is 0 Å². The second-order valence-electron chi connectivity index (χ2n) is 11.6. The summed E-state index contributed by atoms with van der Waals surface area (Å²) in [7, 11) is 0. The third-order valence-corrected chi connectivity index (χ3v) is 7.76. The molecular formula is C45H38O5. The van der Waals surface area contributed by atoms with Crippen molar-refractivity contribution in [2.24, 2.45) is 0 Å². The molecule has 5 heteroatoms. The number of hydrogen-bond donors (Lipinski definition) is 0. The van der Waals surface area contributed by atoms with Gasteiger partial charge >= 0.3 is 0 Å². The molecule has 50 heavy (non-hydrogen) atoms. The van der Waals surface area contributed by atoms with Gasteiger partial charge in [0.1, 0.15) is 26.4 Å². The highest BCUT2D eigenvalue weighted by atomic mass is 16.5. The predicted molar refractivity (Wildman–Crippen MR) is 199 cm³/mol. The van der Waals surface area contributed by atoms with E-state index in [1.54, 1.807) is 24.3 Å². The van der Waals surface area contributed by atoms with E-state index in [9.17, 15) is 4.79 Å². The van der Waals surface area contributed by atoms with E-state index < -0.39 is 0 Å². The molecule has 0 saturated heterocycles. The van der Waals surface area contributed by atoms with Gasteiger partial charge in [0.25, 0.3) is 0 Å². The van der Waals surface area contributed by atoms with Crippen molar-refractivity contribution >= 4 is 17.9 Å². The van der Waals surface area contributed by atoms with Crippen molar-refractivity contribution in [2.75, 3.05) is 0 Å². The monoisotopic (exact) mass is 658 g/mol. The summed E-state index contributed by atoms with van der Waals surface area (Å²) in [4.78, 5) is 12.9. The van der Waals surface area contributed by atoms with Crippen LogP contribution in [-0.4, -0.2) is 5.78 Å². The molecule has 0 aromatic heterocycles. The van der Waals surface area contributed by atoms with Crippen LogP contribution in [0.2, 0.25) is 0 Å². The van der Waals surface area contributed by atoms with Gasteiger partial charge < -0.3 is 18.9 Å². The molecule has 0 heterocycles. The van der Waals surface area contributed by atoms with Crippen LogP contribution in [-0.2, 0) is 31.2 Å². The summed E-state index contributed by atoms with van der Waals surface area (Å²) in [5, 5.41) is 0. The number of carbonyl (C=O) groups excluding carboxylic acids is 1. The van der Waals surface area contributed by atoms with Crippen LogP contribution in [0.5, 0.6) is 23.0 Å². The number of ketones is 1. The second kappa shape index (κ2) is 17.7. The highest BCUT2D eigenvalue weighted by molar-refractivity contribution is 6.04. The first-order valence-corrected chi connectivity index (χ1v) is 16.5. The summed E-state index contributed by atoms with van der Waals surface area (Å²) < 4.78 is 24.7. The van der Waals surface area contributed by atoms with E-state index >= 15 is 0 Å². The van der Waals surface area contributed by atoms with Crippen molar-refractivity contribution in [1.82, 2.24) is 0 Å². The first-order chi connectivity index (χ1) is 24.7. The zero-order valence-corrected chi connectivity index (χ0v) is 27.7. The number of rotatable bonds is 16. The third-order valence-electron chi connectivity index (χ3n) is 7.76. The Hall–Kier alpha value is -6.33. The number of ether oxygens (including phenoxy) is 4. The molecule has 6 rings (SSSR count). The largest absolute Gasteiger partial charge is 0.485 e. The maximum absolute atomic E-state index is 12.9. The molecule has 6 aromatic carbocycles. The minimum Gasteiger partial charge on any atom is -0.485 e. The van der Waals surface area contributed by atoms with E-state index in [0.29, 0.717) is 49.4 Å².